The summed E-state index contributed by atoms with van der Waals surface area (Å²) in [4.78, 5) is 0. The Morgan fingerprint density at radius 2 is 2.00 bits per heavy atom. The molecule has 0 fully saturated rings. The number of allylic oxidation sites excluding steroid dienone is 1. The van der Waals surface area contributed by atoms with Gasteiger partial charge >= 0.3 is 0 Å². The molecule has 72 valence electrons. The van der Waals surface area contributed by atoms with Crippen LogP contribution in [0, 0.1) is 11.3 Å². The lowest BCUT2D eigenvalue weighted by Crippen LogP contribution is -2.37. The predicted molar refractivity (Wildman–Crippen MR) is 64.1 cm³/mol. The van der Waals surface area contributed by atoms with Gasteiger partial charge in [0.1, 0.15) is 0 Å². The van der Waals surface area contributed by atoms with Crippen molar-refractivity contribution in [1.82, 2.24) is 0 Å². The van der Waals surface area contributed by atoms with Gasteiger partial charge in [0.25, 0.3) is 0 Å². The summed E-state index contributed by atoms with van der Waals surface area (Å²) in [5.41, 5.74) is 1.12. The normalized spacial score (nSPS) is 11.6. The average Bonchev–Trinajstić information content (AvgIpc) is 2.14. The molecular weight excluding hydrogens is 186 g/mol. The third-order valence-corrected chi connectivity index (χ3v) is 4.15. The van der Waals surface area contributed by atoms with Crippen LogP contribution in [0.3, 0.4) is 0 Å². The Bertz CT molecular complexity index is 380. The van der Waals surface area contributed by atoms with E-state index in [9.17, 15) is 0 Å². The Labute approximate surface area is 86.7 Å². The lowest BCUT2D eigenvalue weighted by Gasteiger charge is -2.16. The van der Waals surface area contributed by atoms with Gasteiger partial charge in [0, 0.05) is 6.08 Å². The predicted octanol–water partition coefficient (Wildman–Crippen LogP) is 2.77. The van der Waals surface area contributed by atoms with Gasteiger partial charge in [0.15, 0.2) is 0 Å². The first-order valence-corrected chi connectivity index (χ1v) is 8.21. The third-order valence-electron chi connectivity index (χ3n) is 2.10. The van der Waals surface area contributed by atoms with E-state index in [1.165, 1.54) is 11.3 Å². The van der Waals surface area contributed by atoms with Crippen molar-refractivity contribution in [2.24, 2.45) is 0 Å². The molecule has 0 unspecified atom stereocenters. The molecule has 0 saturated heterocycles. The van der Waals surface area contributed by atoms with Crippen LogP contribution in [0.4, 0.5) is 0 Å². The maximum absolute atomic E-state index is 8.43. The Hall–Kier alpha value is -1.33. The summed E-state index contributed by atoms with van der Waals surface area (Å²) >= 11 is 0. The SMILES string of the molecule is C[Si](C)(C)c1cccc(C=CC#N)c1. The molecule has 0 aromatic heterocycles. The fraction of sp³-hybridized carbons (Fsp3) is 0.250. The van der Waals surface area contributed by atoms with E-state index in [1.54, 1.807) is 0 Å². The molecule has 0 bridgehead atoms. The summed E-state index contributed by atoms with van der Waals surface area (Å²) in [5.74, 6) is 0. The van der Waals surface area contributed by atoms with Gasteiger partial charge in [-0.25, -0.2) is 0 Å². The van der Waals surface area contributed by atoms with Crippen molar-refractivity contribution in [3.63, 3.8) is 0 Å². The standard InChI is InChI=1S/C12H15NSi/c1-14(2,3)12-8-4-6-11(10-12)7-5-9-13/h4-8,10H,1-3H3. The van der Waals surface area contributed by atoms with E-state index in [4.69, 9.17) is 5.26 Å². The number of rotatable bonds is 2. The molecule has 0 atom stereocenters. The van der Waals surface area contributed by atoms with Crippen molar-refractivity contribution in [3.8, 4) is 6.07 Å². The van der Waals surface area contributed by atoms with E-state index >= 15 is 0 Å². The van der Waals surface area contributed by atoms with Crippen molar-refractivity contribution < 1.29 is 0 Å². The lowest BCUT2D eigenvalue weighted by molar-refractivity contribution is 1.54. The van der Waals surface area contributed by atoms with Crippen LogP contribution in [-0.2, 0) is 0 Å². The van der Waals surface area contributed by atoms with Crippen LogP contribution >= 0.6 is 0 Å². The topological polar surface area (TPSA) is 23.8 Å². The van der Waals surface area contributed by atoms with Crippen LogP contribution in [0.5, 0.6) is 0 Å². The molecule has 14 heavy (non-hydrogen) atoms. The van der Waals surface area contributed by atoms with Gasteiger partial charge < -0.3 is 0 Å². The minimum atomic E-state index is -1.22. The van der Waals surface area contributed by atoms with Crippen LogP contribution in [0.25, 0.3) is 6.08 Å². The van der Waals surface area contributed by atoms with Crippen molar-refractivity contribution in [2.75, 3.05) is 0 Å². The number of hydrogen-bond donors (Lipinski definition) is 0. The van der Waals surface area contributed by atoms with E-state index in [1.807, 2.05) is 18.2 Å². The molecule has 1 aromatic carbocycles. The lowest BCUT2D eigenvalue weighted by atomic mass is 10.2. The van der Waals surface area contributed by atoms with E-state index in [0.29, 0.717) is 0 Å². The molecule has 0 spiro atoms. The van der Waals surface area contributed by atoms with Gasteiger partial charge in [-0.15, -0.1) is 0 Å². The number of nitriles is 1. The summed E-state index contributed by atoms with van der Waals surface area (Å²) in [6.45, 7) is 6.96. The van der Waals surface area contributed by atoms with Gasteiger partial charge in [0.2, 0.25) is 0 Å². The second-order valence-corrected chi connectivity index (χ2v) is 9.42. The fourth-order valence-corrected chi connectivity index (χ4v) is 2.44. The molecule has 0 heterocycles. The zero-order valence-corrected chi connectivity index (χ0v) is 9.91. The molecule has 0 N–H and O–H groups in total. The Morgan fingerprint density at radius 1 is 1.29 bits per heavy atom. The summed E-state index contributed by atoms with van der Waals surface area (Å²) in [5, 5.41) is 9.86. The summed E-state index contributed by atoms with van der Waals surface area (Å²) in [7, 11) is -1.22. The van der Waals surface area contributed by atoms with Gasteiger partial charge in [-0.05, 0) is 11.6 Å². The third kappa shape index (κ3) is 2.86. The zero-order valence-electron chi connectivity index (χ0n) is 8.91. The quantitative estimate of drug-likeness (QED) is 0.533. The highest BCUT2D eigenvalue weighted by Crippen LogP contribution is 2.06. The van der Waals surface area contributed by atoms with Gasteiger partial charge in [-0.3, -0.25) is 0 Å². The van der Waals surface area contributed by atoms with Crippen LogP contribution < -0.4 is 5.19 Å². The van der Waals surface area contributed by atoms with E-state index in [-0.39, 0.29) is 0 Å². The molecule has 2 heteroatoms. The largest absolute Gasteiger partial charge is 0.193 e. The van der Waals surface area contributed by atoms with Crippen LogP contribution in [0.2, 0.25) is 19.6 Å². The number of hydrogen-bond acceptors (Lipinski definition) is 1. The van der Waals surface area contributed by atoms with Gasteiger partial charge in [-0.2, -0.15) is 5.26 Å². The van der Waals surface area contributed by atoms with Gasteiger partial charge in [-0.1, -0.05) is 49.1 Å². The zero-order chi connectivity index (χ0) is 10.6. The first-order chi connectivity index (χ1) is 6.54. The second-order valence-electron chi connectivity index (χ2n) is 4.34. The Kier molecular flexibility index (Phi) is 3.26. The fourth-order valence-electron chi connectivity index (χ4n) is 1.24. The highest BCUT2D eigenvalue weighted by molar-refractivity contribution is 6.88. The number of benzene rings is 1. The first kappa shape index (κ1) is 10.7. The van der Waals surface area contributed by atoms with Crippen LogP contribution in [0.1, 0.15) is 5.56 Å². The van der Waals surface area contributed by atoms with Crippen molar-refractivity contribution in [1.29, 1.82) is 5.26 Å². The minimum Gasteiger partial charge on any atom is -0.193 e. The van der Waals surface area contributed by atoms with Crippen molar-refractivity contribution >= 4 is 19.3 Å². The molecule has 0 aliphatic carbocycles. The van der Waals surface area contributed by atoms with Crippen LogP contribution in [0.15, 0.2) is 30.3 Å². The molecule has 0 amide bonds. The molecule has 0 radical (unpaired) electrons. The highest BCUT2D eigenvalue weighted by atomic mass is 28.3. The Morgan fingerprint density at radius 3 is 2.57 bits per heavy atom. The van der Waals surface area contributed by atoms with Crippen LogP contribution in [-0.4, -0.2) is 8.07 Å². The summed E-state index contributed by atoms with van der Waals surface area (Å²) in [6, 6.07) is 10.4. The molecule has 1 rings (SSSR count). The first-order valence-electron chi connectivity index (χ1n) is 4.71. The molecule has 0 aliphatic rings. The summed E-state index contributed by atoms with van der Waals surface area (Å²) < 4.78 is 0. The van der Waals surface area contributed by atoms with Gasteiger partial charge in [0.05, 0.1) is 14.1 Å². The van der Waals surface area contributed by atoms with Crippen molar-refractivity contribution in [3.05, 3.63) is 35.9 Å². The molecule has 1 aromatic rings. The smallest absolute Gasteiger partial charge is 0.0912 e. The van der Waals surface area contributed by atoms with E-state index < -0.39 is 8.07 Å². The highest BCUT2D eigenvalue weighted by Gasteiger charge is 2.15. The monoisotopic (exact) mass is 201 g/mol. The molecule has 0 saturated carbocycles. The maximum Gasteiger partial charge on any atom is 0.0912 e. The number of nitrogens with zero attached hydrogens (tertiary/aromatic N) is 1. The molecule has 0 aliphatic heterocycles. The van der Waals surface area contributed by atoms with E-state index in [0.717, 1.165) is 5.56 Å². The maximum atomic E-state index is 8.43. The second kappa shape index (κ2) is 4.25. The Balaban J connectivity index is 3.03. The van der Waals surface area contributed by atoms with Crippen molar-refractivity contribution in [2.45, 2.75) is 19.6 Å². The minimum absolute atomic E-state index is 1.12. The molecule has 1 nitrogen and oxygen atoms in total. The average molecular weight is 201 g/mol. The molecular formula is C12H15NSi. The summed E-state index contributed by atoms with van der Waals surface area (Å²) in [6.07, 6.45) is 3.37. The van der Waals surface area contributed by atoms with E-state index in [2.05, 4.69) is 37.8 Å².